The van der Waals surface area contributed by atoms with Crippen molar-refractivity contribution in [3.05, 3.63) is 64.6 Å². The highest BCUT2D eigenvalue weighted by atomic mass is 32.2. The van der Waals surface area contributed by atoms with Crippen molar-refractivity contribution >= 4 is 27.0 Å². The Hall–Kier alpha value is -2.91. The van der Waals surface area contributed by atoms with E-state index in [-0.39, 0.29) is 23.0 Å². The number of amides is 1. The molecule has 0 saturated carbocycles. The zero-order valence-corrected chi connectivity index (χ0v) is 17.4. The van der Waals surface area contributed by atoms with Crippen LogP contribution in [0.2, 0.25) is 0 Å². The number of sulfonamides is 1. The number of carbonyl (C=O) groups is 1. The number of carbonyl (C=O) groups excluding carboxylic acids is 1. The zero-order valence-electron chi connectivity index (χ0n) is 16.6. The molecule has 1 atom stereocenters. The zero-order chi connectivity index (χ0) is 21.3. The average Bonchev–Trinajstić information content (AvgIpc) is 2.97. The maximum atomic E-state index is 12.9. The van der Waals surface area contributed by atoms with Gasteiger partial charge in [0.15, 0.2) is 0 Å². The van der Waals surface area contributed by atoms with Gasteiger partial charge in [0.25, 0.3) is 0 Å². The molecule has 0 aliphatic carbocycles. The van der Waals surface area contributed by atoms with Gasteiger partial charge in [0, 0.05) is 13.6 Å². The molecule has 0 radical (unpaired) electrons. The van der Waals surface area contributed by atoms with E-state index >= 15 is 0 Å². The molecule has 1 unspecified atom stereocenters. The molecule has 0 bridgehead atoms. The summed E-state index contributed by atoms with van der Waals surface area (Å²) in [6.45, 7) is 4.07. The van der Waals surface area contributed by atoms with E-state index in [1.165, 1.54) is 21.6 Å². The van der Waals surface area contributed by atoms with Crippen molar-refractivity contribution < 1.29 is 13.2 Å². The normalized spacial score (nSPS) is 12.8. The summed E-state index contributed by atoms with van der Waals surface area (Å²) < 4.78 is 26.3. The predicted molar refractivity (Wildman–Crippen MR) is 111 cm³/mol. The maximum absolute atomic E-state index is 12.9. The summed E-state index contributed by atoms with van der Waals surface area (Å²) in [7, 11) is -2.21. The van der Waals surface area contributed by atoms with Gasteiger partial charge in [0.2, 0.25) is 15.9 Å². The van der Waals surface area contributed by atoms with Gasteiger partial charge in [-0.15, -0.1) is 0 Å². The molecule has 9 heteroatoms. The molecule has 2 N–H and O–H groups in total. The van der Waals surface area contributed by atoms with E-state index in [4.69, 9.17) is 5.14 Å². The van der Waals surface area contributed by atoms with E-state index in [1.807, 2.05) is 31.2 Å². The Balaban J connectivity index is 1.90. The SMILES string of the molecule is CCn1c(=O)n(CC(=O)N(C)C(C)c2cccc(S(N)(=O)=O)c2)c2ccccc21. The summed E-state index contributed by atoms with van der Waals surface area (Å²) in [5.41, 5.74) is 1.88. The molecule has 1 amide bonds. The van der Waals surface area contributed by atoms with E-state index in [9.17, 15) is 18.0 Å². The molecule has 2 aromatic carbocycles. The highest BCUT2D eigenvalue weighted by molar-refractivity contribution is 7.89. The number of fused-ring (bicyclic) bond motifs is 1. The number of primary sulfonamides is 1. The first-order chi connectivity index (χ1) is 13.6. The van der Waals surface area contributed by atoms with Crippen molar-refractivity contribution in [1.82, 2.24) is 14.0 Å². The van der Waals surface area contributed by atoms with Crippen molar-refractivity contribution in [1.29, 1.82) is 0 Å². The first kappa shape index (κ1) is 20.8. The van der Waals surface area contributed by atoms with Gasteiger partial charge in [0.1, 0.15) is 6.54 Å². The molecule has 0 aliphatic heterocycles. The molecule has 1 heterocycles. The number of hydrogen-bond acceptors (Lipinski definition) is 4. The molecule has 3 aromatic rings. The lowest BCUT2D eigenvalue weighted by atomic mass is 10.1. The summed E-state index contributed by atoms with van der Waals surface area (Å²) in [5.74, 6) is -0.264. The number of aryl methyl sites for hydroxylation is 1. The second-order valence-electron chi connectivity index (χ2n) is 6.90. The van der Waals surface area contributed by atoms with Crippen molar-refractivity contribution in [2.45, 2.75) is 37.9 Å². The number of para-hydroxylation sites is 2. The van der Waals surface area contributed by atoms with Gasteiger partial charge in [-0.05, 0) is 43.7 Å². The Labute approximate surface area is 169 Å². The maximum Gasteiger partial charge on any atom is 0.329 e. The Morgan fingerprint density at radius 1 is 1.10 bits per heavy atom. The van der Waals surface area contributed by atoms with E-state index in [1.54, 1.807) is 30.7 Å². The van der Waals surface area contributed by atoms with Crippen LogP contribution in [0.15, 0.2) is 58.2 Å². The number of imidazole rings is 1. The van der Waals surface area contributed by atoms with Gasteiger partial charge in [-0.25, -0.2) is 18.4 Å². The molecule has 0 fully saturated rings. The quantitative estimate of drug-likeness (QED) is 0.660. The van der Waals surface area contributed by atoms with Crippen LogP contribution in [0.4, 0.5) is 0 Å². The number of hydrogen-bond donors (Lipinski definition) is 1. The molecule has 3 rings (SSSR count). The van der Waals surface area contributed by atoms with Crippen LogP contribution in [0.1, 0.15) is 25.5 Å². The van der Waals surface area contributed by atoms with Crippen LogP contribution in [0, 0.1) is 0 Å². The van der Waals surface area contributed by atoms with Crippen LogP contribution in [-0.2, 0) is 27.9 Å². The van der Waals surface area contributed by atoms with Gasteiger partial charge in [-0.3, -0.25) is 13.9 Å². The molecule has 0 saturated heterocycles. The second-order valence-corrected chi connectivity index (χ2v) is 8.46. The van der Waals surface area contributed by atoms with E-state index < -0.39 is 16.1 Å². The third kappa shape index (κ3) is 3.96. The number of likely N-dealkylation sites (N-methyl/N-ethyl adjacent to an activating group) is 1. The van der Waals surface area contributed by atoms with E-state index in [2.05, 4.69) is 0 Å². The van der Waals surface area contributed by atoms with Gasteiger partial charge in [0.05, 0.1) is 22.0 Å². The molecule has 8 nitrogen and oxygen atoms in total. The average molecular weight is 417 g/mol. The van der Waals surface area contributed by atoms with Gasteiger partial charge < -0.3 is 4.90 Å². The molecular formula is C20H24N4O4S. The summed E-state index contributed by atoms with van der Waals surface area (Å²) in [6.07, 6.45) is 0. The standard InChI is InChI=1S/C20H24N4O4S/c1-4-23-17-10-5-6-11-18(17)24(20(23)26)13-19(25)22(3)14(2)15-8-7-9-16(12-15)29(21,27)28/h5-12,14H,4,13H2,1-3H3,(H2,21,27,28). The Morgan fingerprint density at radius 3 is 2.31 bits per heavy atom. The smallest absolute Gasteiger partial charge is 0.329 e. The number of nitrogens with zero attached hydrogens (tertiary/aromatic N) is 3. The summed E-state index contributed by atoms with van der Waals surface area (Å²) in [4.78, 5) is 27.1. The topological polar surface area (TPSA) is 107 Å². The molecule has 29 heavy (non-hydrogen) atoms. The number of aromatic nitrogens is 2. The molecule has 0 spiro atoms. The number of benzene rings is 2. The van der Waals surface area contributed by atoms with Crippen molar-refractivity contribution in [2.75, 3.05) is 7.05 Å². The minimum Gasteiger partial charge on any atom is -0.337 e. The van der Waals surface area contributed by atoms with Crippen molar-refractivity contribution in [3.63, 3.8) is 0 Å². The van der Waals surface area contributed by atoms with Crippen LogP contribution < -0.4 is 10.8 Å². The van der Waals surface area contributed by atoms with E-state index in [0.717, 1.165) is 5.52 Å². The van der Waals surface area contributed by atoms with Crippen LogP contribution in [-0.4, -0.2) is 35.4 Å². The van der Waals surface area contributed by atoms with Crippen LogP contribution >= 0.6 is 0 Å². The molecule has 1 aromatic heterocycles. The van der Waals surface area contributed by atoms with Crippen LogP contribution in [0.5, 0.6) is 0 Å². The minimum atomic E-state index is -3.84. The summed E-state index contributed by atoms with van der Waals surface area (Å²) in [6, 6.07) is 13.1. The first-order valence-corrected chi connectivity index (χ1v) is 10.8. The largest absolute Gasteiger partial charge is 0.337 e. The Kier molecular flexibility index (Phi) is 5.63. The van der Waals surface area contributed by atoms with Crippen LogP contribution in [0.3, 0.4) is 0 Å². The van der Waals surface area contributed by atoms with E-state index in [0.29, 0.717) is 17.6 Å². The highest BCUT2D eigenvalue weighted by Gasteiger charge is 2.21. The highest BCUT2D eigenvalue weighted by Crippen LogP contribution is 2.22. The second kappa shape index (κ2) is 7.84. The van der Waals surface area contributed by atoms with Crippen molar-refractivity contribution in [2.24, 2.45) is 5.14 Å². The minimum absolute atomic E-state index is 0.00932. The first-order valence-electron chi connectivity index (χ1n) is 9.21. The fourth-order valence-electron chi connectivity index (χ4n) is 3.37. The van der Waals surface area contributed by atoms with Crippen molar-refractivity contribution in [3.8, 4) is 0 Å². The summed E-state index contributed by atoms with van der Waals surface area (Å²) >= 11 is 0. The molecular weight excluding hydrogens is 392 g/mol. The lowest BCUT2D eigenvalue weighted by molar-refractivity contribution is -0.132. The third-order valence-electron chi connectivity index (χ3n) is 5.18. The van der Waals surface area contributed by atoms with Gasteiger partial charge in [-0.2, -0.15) is 0 Å². The summed E-state index contributed by atoms with van der Waals surface area (Å²) in [5, 5.41) is 5.20. The molecule has 154 valence electrons. The van der Waals surface area contributed by atoms with Gasteiger partial charge in [-0.1, -0.05) is 24.3 Å². The lowest BCUT2D eigenvalue weighted by Crippen LogP contribution is -2.36. The predicted octanol–water partition coefficient (Wildman–Crippen LogP) is 1.69. The number of nitrogens with two attached hydrogens (primary N) is 1. The lowest BCUT2D eigenvalue weighted by Gasteiger charge is -2.26. The monoisotopic (exact) mass is 416 g/mol. The van der Waals surface area contributed by atoms with Gasteiger partial charge >= 0.3 is 5.69 Å². The number of rotatable bonds is 6. The fraction of sp³-hybridized carbons (Fsp3) is 0.300. The van der Waals surface area contributed by atoms with Crippen LogP contribution in [0.25, 0.3) is 11.0 Å². The molecule has 0 aliphatic rings. The third-order valence-corrected chi connectivity index (χ3v) is 6.09. The Morgan fingerprint density at radius 2 is 1.72 bits per heavy atom. The fourth-order valence-corrected chi connectivity index (χ4v) is 3.94. The Bertz CT molecular complexity index is 1230.